The van der Waals surface area contributed by atoms with Gasteiger partial charge in [-0.1, -0.05) is 66.2 Å². The lowest BCUT2D eigenvalue weighted by molar-refractivity contribution is -0.143. The number of halogens is 2. The van der Waals surface area contributed by atoms with Crippen LogP contribution in [0.4, 0.5) is 15.0 Å². The predicted octanol–water partition coefficient (Wildman–Crippen LogP) is 7.06. The fourth-order valence-corrected chi connectivity index (χ4v) is 5.01. The summed E-state index contributed by atoms with van der Waals surface area (Å²) in [5, 5.41) is 7.20. The molecule has 1 amide bonds. The third-order valence-corrected chi connectivity index (χ3v) is 7.45. The zero-order chi connectivity index (χ0) is 27.7. The average molecular weight is 548 g/mol. The van der Waals surface area contributed by atoms with Gasteiger partial charge < -0.3 is 9.47 Å². The highest BCUT2D eigenvalue weighted by Crippen LogP contribution is 2.49. The minimum Gasteiger partial charge on any atom is -0.468 e. The molecule has 1 aromatic heterocycles. The molecular formula is C30H27ClFN3O4. The maximum Gasteiger partial charge on any atom is 0.413 e. The van der Waals surface area contributed by atoms with E-state index in [1.54, 1.807) is 14.0 Å². The molecule has 0 saturated heterocycles. The first-order valence-electron chi connectivity index (χ1n) is 12.5. The molecule has 5 rings (SSSR count). The largest absolute Gasteiger partial charge is 0.468 e. The quantitative estimate of drug-likeness (QED) is 0.250. The summed E-state index contributed by atoms with van der Waals surface area (Å²) < 4.78 is 27.4. The molecule has 0 bridgehead atoms. The molecule has 0 spiro atoms. The second-order valence-electron chi connectivity index (χ2n) is 9.58. The number of carbonyl (C=O) groups is 2. The summed E-state index contributed by atoms with van der Waals surface area (Å²) in [5.41, 5.74) is 2.87. The molecule has 1 atom stereocenters. The standard InChI is InChI=1S/C30H27ClFN3O4/c1-18(19-7-5-4-6-8-19)39-29(37)34-27-24(17-33-35(27)2)23-15-25(31)22(16-26(23)32)20-9-11-21(12-10-20)30(13-14-30)28(36)38-3/h4-12,15-18H,13-14H2,1-3H3,(H,34,37)/t18-/m1/s1. The van der Waals surface area contributed by atoms with Crippen LogP contribution in [0.2, 0.25) is 5.02 Å². The number of benzene rings is 3. The van der Waals surface area contributed by atoms with Crippen LogP contribution in [0.5, 0.6) is 0 Å². The van der Waals surface area contributed by atoms with Crippen molar-refractivity contribution in [3.8, 4) is 22.3 Å². The van der Waals surface area contributed by atoms with Crippen LogP contribution >= 0.6 is 11.6 Å². The summed E-state index contributed by atoms with van der Waals surface area (Å²) >= 11 is 6.62. The number of aromatic nitrogens is 2. The van der Waals surface area contributed by atoms with E-state index >= 15 is 4.39 Å². The van der Waals surface area contributed by atoms with Gasteiger partial charge in [-0.05, 0) is 48.6 Å². The Morgan fingerprint density at radius 1 is 1.05 bits per heavy atom. The Hall–Kier alpha value is -4.17. The van der Waals surface area contributed by atoms with E-state index in [1.807, 2.05) is 54.6 Å². The number of amides is 1. The Kier molecular flexibility index (Phi) is 7.14. The monoisotopic (exact) mass is 547 g/mol. The zero-order valence-corrected chi connectivity index (χ0v) is 22.5. The number of hydrogen-bond acceptors (Lipinski definition) is 5. The van der Waals surface area contributed by atoms with Gasteiger partial charge in [-0.25, -0.2) is 9.18 Å². The Morgan fingerprint density at radius 3 is 2.38 bits per heavy atom. The predicted molar refractivity (Wildman–Crippen MR) is 147 cm³/mol. The van der Waals surface area contributed by atoms with Crippen LogP contribution in [-0.4, -0.2) is 29.0 Å². The van der Waals surface area contributed by atoms with Crippen molar-refractivity contribution < 1.29 is 23.5 Å². The minimum atomic E-state index is -0.695. The van der Waals surface area contributed by atoms with Crippen molar-refractivity contribution in [1.82, 2.24) is 9.78 Å². The van der Waals surface area contributed by atoms with E-state index in [4.69, 9.17) is 21.1 Å². The Balaban J connectivity index is 1.38. The van der Waals surface area contributed by atoms with Crippen LogP contribution in [0.1, 0.15) is 37.0 Å². The van der Waals surface area contributed by atoms with Gasteiger partial charge >= 0.3 is 12.1 Å². The molecule has 200 valence electrons. The maximum atomic E-state index is 15.5. The Morgan fingerprint density at radius 2 is 1.74 bits per heavy atom. The van der Waals surface area contributed by atoms with Crippen molar-refractivity contribution in [3.05, 3.63) is 94.9 Å². The molecule has 0 radical (unpaired) electrons. The van der Waals surface area contributed by atoms with E-state index in [2.05, 4.69) is 10.4 Å². The van der Waals surface area contributed by atoms with Gasteiger partial charge in [0.05, 0.1) is 18.7 Å². The van der Waals surface area contributed by atoms with Crippen LogP contribution in [-0.2, 0) is 26.7 Å². The van der Waals surface area contributed by atoms with Gasteiger partial charge in [-0.2, -0.15) is 5.10 Å². The van der Waals surface area contributed by atoms with E-state index in [0.29, 0.717) is 21.7 Å². The molecule has 39 heavy (non-hydrogen) atoms. The SMILES string of the molecule is COC(=O)C1(c2ccc(-c3cc(F)c(-c4cnn(C)c4NC(=O)O[C@H](C)c4ccccc4)cc3Cl)cc2)CC1. The number of nitrogens with one attached hydrogen (secondary N) is 1. The molecule has 1 aliphatic rings. The smallest absolute Gasteiger partial charge is 0.413 e. The van der Waals surface area contributed by atoms with E-state index in [9.17, 15) is 9.59 Å². The fraction of sp³-hybridized carbons (Fsp3) is 0.233. The van der Waals surface area contributed by atoms with E-state index in [0.717, 1.165) is 24.0 Å². The molecule has 3 aromatic carbocycles. The van der Waals surface area contributed by atoms with Gasteiger partial charge in [0.2, 0.25) is 0 Å². The van der Waals surface area contributed by atoms with Gasteiger partial charge in [0.25, 0.3) is 0 Å². The summed E-state index contributed by atoms with van der Waals surface area (Å²) in [6.45, 7) is 1.77. The molecule has 0 aliphatic heterocycles. The van der Waals surface area contributed by atoms with Crippen molar-refractivity contribution in [2.24, 2.45) is 7.05 Å². The second kappa shape index (κ2) is 10.5. The Labute approximate surface area is 230 Å². The first kappa shape index (κ1) is 26.4. The van der Waals surface area contributed by atoms with E-state index < -0.39 is 23.4 Å². The van der Waals surface area contributed by atoms with Crippen LogP contribution in [0.25, 0.3) is 22.3 Å². The van der Waals surface area contributed by atoms with Crippen molar-refractivity contribution >= 4 is 29.5 Å². The zero-order valence-electron chi connectivity index (χ0n) is 21.7. The van der Waals surface area contributed by atoms with Crippen LogP contribution < -0.4 is 5.32 Å². The molecule has 1 N–H and O–H groups in total. The maximum absolute atomic E-state index is 15.5. The first-order chi connectivity index (χ1) is 18.7. The summed E-state index contributed by atoms with van der Waals surface area (Å²) in [6.07, 6.45) is 1.76. The molecule has 0 unspecified atom stereocenters. The summed E-state index contributed by atoms with van der Waals surface area (Å²) in [5.74, 6) is -0.512. The molecular weight excluding hydrogens is 521 g/mol. The van der Waals surface area contributed by atoms with Gasteiger partial charge in [0.15, 0.2) is 0 Å². The lowest BCUT2D eigenvalue weighted by Crippen LogP contribution is -2.21. The highest BCUT2D eigenvalue weighted by Gasteiger charge is 2.52. The number of rotatable bonds is 7. The van der Waals surface area contributed by atoms with E-state index in [1.165, 1.54) is 30.1 Å². The number of methoxy groups -OCH3 is 1. The first-order valence-corrected chi connectivity index (χ1v) is 12.8. The second-order valence-corrected chi connectivity index (χ2v) is 9.98. The summed E-state index contributed by atoms with van der Waals surface area (Å²) in [6, 6.07) is 19.5. The number of carbonyl (C=O) groups excluding carboxylic acids is 2. The molecule has 1 heterocycles. The van der Waals surface area contributed by atoms with Crippen molar-refractivity contribution in [2.45, 2.75) is 31.3 Å². The van der Waals surface area contributed by atoms with Gasteiger partial charge in [0.1, 0.15) is 17.7 Å². The molecule has 1 saturated carbocycles. The average Bonchev–Trinajstić information content (AvgIpc) is 3.69. The van der Waals surface area contributed by atoms with Crippen LogP contribution in [0.15, 0.2) is 72.9 Å². The third kappa shape index (κ3) is 5.12. The van der Waals surface area contributed by atoms with Gasteiger partial charge in [-0.15, -0.1) is 0 Å². The molecule has 7 nitrogen and oxygen atoms in total. The number of esters is 1. The minimum absolute atomic E-state index is 0.183. The lowest BCUT2D eigenvalue weighted by Gasteiger charge is -2.16. The summed E-state index contributed by atoms with van der Waals surface area (Å²) in [4.78, 5) is 24.9. The molecule has 9 heteroatoms. The van der Waals surface area contributed by atoms with E-state index in [-0.39, 0.29) is 17.4 Å². The molecule has 1 fully saturated rings. The number of hydrogen-bond donors (Lipinski definition) is 1. The lowest BCUT2D eigenvalue weighted by atomic mass is 9.93. The van der Waals surface area contributed by atoms with Crippen molar-refractivity contribution in [2.75, 3.05) is 12.4 Å². The third-order valence-electron chi connectivity index (χ3n) is 7.13. The Bertz CT molecular complexity index is 1530. The van der Waals surface area contributed by atoms with Gasteiger partial charge in [-0.3, -0.25) is 14.8 Å². The summed E-state index contributed by atoms with van der Waals surface area (Å²) in [7, 11) is 3.02. The normalized spacial score (nSPS) is 14.4. The number of nitrogens with zero attached hydrogens (tertiary/aromatic N) is 2. The number of aryl methyl sites for hydroxylation is 1. The molecule has 4 aromatic rings. The topological polar surface area (TPSA) is 82.5 Å². The molecule has 1 aliphatic carbocycles. The van der Waals surface area contributed by atoms with Crippen molar-refractivity contribution in [1.29, 1.82) is 0 Å². The van der Waals surface area contributed by atoms with Gasteiger partial charge in [0, 0.05) is 28.8 Å². The van der Waals surface area contributed by atoms with Crippen molar-refractivity contribution in [3.63, 3.8) is 0 Å². The van der Waals surface area contributed by atoms with Crippen LogP contribution in [0, 0.1) is 5.82 Å². The number of ether oxygens (including phenoxy) is 2. The fourth-order valence-electron chi connectivity index (χ4n) is 4.74. The van der Waals surface area contributed by atoms with Crippen LogP contribution in [0.3, 0.4) is 0 Å². The highest BCUT2D eigenvalue weighted by molar-refractivity contribution is 6.33. The highest BCUT2D eigenvalue weighted by atomic mass is 35.5. The number of anilines is 1.